The Labute approximate surface area is 160 Å². The summed E-state index contributed by atoms with van der Waals surface area (Å²) in [5.74, 6) is -0.342. The molecule has 0 aliphatic heterocycles. The average Bonchev–Trinajstić information content (AvgIpc) is 2.65. The average molecular weight is 369 g/mol. The molecule has 2 atom stereocenters. The zero-order valence-electron chi connectivity index (χ0n) is 16.2. The van der Waals surface area contributed by atoms with Crippen LogP contribution in [0.2, 0.25) is 0 Å². The predicted molar refractivity (Wildman–Crippen MR) is 108 cm³/mol. The summed E-state index contributed by atoms with van der Waals surface area (Å²) in [7, 11) is 1.49. The van der Waals surface area contributed by atoms with E-state index in [0.29, 0.717) is 5.69 Å². The number of hydrogen-bond donors (Lipinski definition) is 3. The minimum atomic E-state index is -0.546. The van der Waals surface area contributed by atoms with Crippen LogP contribution in [0, 0.1) is 0 Å². The van der Waals surface area contributed by atoms with Crippen LogP contribution < -0.4 is 16.0 Å². The molecule has 2 aromatic carbocycles. The SMILES string of the molecule is COC(C)C(=O)Nc1cccc(NC(C(=O)NC(C)C)c2ccccc2)c1. The van der Waals surface area contributed by atoms with Gasteiger partial charge in [0.25, 0.3) is 5.91 Å². The van der Waals surface area contributed by atoms with Crippen LogP contribution in [0.1, 0.15) is 32.4 Å². The van der Waals surface area contributed by atoms with Crippen molar-refractivity contribution in [2.45, 2.75) is 39.0 Å². The third kappa shape index (κ3) is 6.11. The third-order valence-electron chi connectivity index (χ3n) is 3.99. The Morgan fingerprint density at radius 1 is 0.889 bits per heavy atom. The van der Waals surface area contributed by atoms with E-state index >= 15 is 0 Å². The molecule has 0 aliphatic carbocycles. The summed E-state index contributed by atoms with van der Waals surface area (Å²) in [4.78, 5) is 24.7. The van der Waals surface area contributed by atoms with Crippen LogP contribution >= 0.6 is 0 Å². The molecular formula is C21H27N3O3. The molecule has 0 spiro atoms. The molecule has 0 radical (unpaired) electrons. The summed E-state index contributed by atoms with van der Waals surface area (Å²) < 4.78 is 5.02. The van der Waals surface area contributed by atoms with E-state index in [9.17, 15) is 9.59 Å². The van der Waals surface area contributed by atoms with Gasteiger partial charge in [-0.2, -0.15) is 0 Å². The van der Waals surface area contributed by atoms with E-state index in [4.69, 9.17) is 4.74 Å². The van der Waals surface area contributed by atoms with Crippen molar-refractivity contribution in [2.24, 2.45) is 0 Å². The van der Waals surface area contributed by atoms with Crippen LogP contribution in [0.3, 0.4) is 0 Å². The van der Waals surface area contributed by atoms with Crippen LogP contribution in [0.4, 0.5) is 11.4 Å². The molecule has 2 amide bonds. The third-order valence-corrected chi connectivity index (χ3v) is 3.99. The van der Waals surface area contributed by atoms with E-state index in [1.54, 1.807) is 19.1 Å². The molecular weight excluding hydrogens is 342 g/mol. The molecule has 0 aromatic heterocycles. The monoisotopic (exact) mass is 369 g/mol. The van der Waals surface area contributed by atoms with Gasteiger partial charge in [-0.05, 0) is 44.5 Å². The van der Waals surface area contributed by atoms with Gasteiger partial charge in [-0.15, -0.1) is 0 Å². The van der Waals surface area contributed by atoms with Crippen molar-refractivity contribution in [1.82, 2.24) is 5.32 Å². The highest BCUT2D eigenvalue weighted by molar-refractivity contribution is 5.94. The lowest BCUT2D eigenvalue weighted by molar-refractivity contribution is -0.124. The highest BCUT2D eigenvalue weighted by atomic mass is 16.5. The van der Waals surface area contributed by atoms with Gasteiger partial charge in [0.05, 0.1) is 0 Å². The van der Waals surface area contributed by atoms with E-state index < -0.39 is 12.1 Å². The minimum absolute atomic E-state index is 0.0340. The second-order valence-electron chi connectivity index (χ2n) is 6.60. The van der Waals surface area contributed by atoms with Crippen molar-refractivity contribution in [3.8, 4) is 0 Å². The lowest BCUT2D eigenvalue weighted by Crippen LogP contribution is -2.37. The summed E-state index contributed by atoms with van der Waals surface area (Å²) in [6, 6.07) is 16.3. The first-order valence-electron chi connectivity index (χ1n) is 8.96. The zero-order valence-corrected chi connectivity index (χ0v) is 16.2. The lowest BCUT2D eigenvalue weighted by atomic mass is 10.1. The normalized spacial score (nSPS) is 12.9. The Bertz CT molecular complexity index is 762. The number of amides is 2. The fourth-order valence-electron chi connectivity index (χ4n) is 2.52. The standard InChI is InChI=1S/C21H27N3O3/c1-14(2)22-21(26)19(16-9-6-5-7-10-16)23-17-11-8-12-18(13-17)24-20(25)15(3)27-4/h5-15,19,23H,1-4H3,(H,22,26)(H,24,25). The van der Waals surface area contributed by atoms with Gasteiger partial charge >= 0.3 is 0 Å². The molecule has 0 saturated heterocycles. The van der Waals surface area contributed by atoms with E-state index in [1.165, 1.54) is 7.11 Å². The number of ether oxygens (including phenoxy) is 1. The molecule has 0 heterocycles. The van der Waals surface area contributed by atoms with Crippen molar-refractivity contribution in [1.29, 1.82) is 0 Å². The summed E-state index contributed by atoms with van der Waals surface area (Å²) in [5.41, 5.74) is 2.22. The summed E-state index contributed by atoms with van der Waals surface area (Å²) in [6.07, 6.45) is -0.546. The Morgan fingerprint density at radius 2 is 1.56 bits per heavy atom. The van der Waals surface area contributed by atoms with E-state index in [1.807, 2.05) is 56.3 Å². The Kier molecular flexibility index (Phi) is 7.37. The highest BCUT2D eigenvalue weighted by Gasteiger charge is 2.21. The van der Waals surface area contributed by atoms with Crippen molar-refractivity contribution < 1.29 is 14.3 Å². The number of rotatable bonds is 8. The molecule has 2 aromatic rings. The first-order valence-corrected chi connectivity index (χ1v) is 8.96. The summed E-state index contributed by atoms with van der Waals surface area (Å²) in [5, 5.41) is 9.01. The number of anilines is 2. The van der Waals surface area contributed by atoms with E-state index in [-0.39, 0.29) is 17.9 Å². The van der Waals surface area contributed by atoms with Gasteiger partial charge < -0.3 is 20.7 Å². The largest absolute Gasteiger partial charge is 0.372 e. The summed E-state index contributed by atoms with van der Waals surface area (Å²) in [6.45, 7) is 5.53. The fourth-order valence-corrected chi connectivity index (χ4v) is 2.52. The molecule has 144 valence electrons. The Morgan fingerprint density at radius 3 is 2.19 bits per heavy atom. The summed E-state index contributed by atoms with van der Waals surface area (Å²) >= 11 is 0. The van der Waals surface area contributed by atoms with E-state index in [2.05, 4.69) is 16.0 Å². The molecule has 6 heteroatoms. The van der Waals surface area contributed by atoms with Crippen LogP contribution in [0.5, 0.6) is 0 Å². The number of carbonyl (C=O) groups excluding carboxylic acids is 2. The molecule has 27 heavy (non-hydrogen) atoms. The highest BCUT2D eigenvalue weighted by Crippen LogP contribution is 2.23. The van der Waals surface area contributed by atoms with Crippen LogP contribution in [0.25, 0.3) is 0 Å². The molecule has 2 rings (SSSR count). The van der Waals surface area contributed by atoms with Gasteiger partial charge in [0.15, 0.2) is 0 Å². The molecule has 0 saturated carbocycles. The van der Waals surface area contributed by atoms with Crippen molar-refractivity contribution in [2.75, 3.05) is 17.7 Å². The van der Waals surface area contributed by atoms with Crippen molar-refractivity contribution >= 4 is 23.2 Å². The minimum Gasteiger partial charge on any atom is -0.372 e. The Balaban J connectivity index is 2.21. The van der Waals surface area contributed by atoms with Gasteiger partial charge in [0.2, 0.25) is 5.91 Å². The number of nitrogens with one attached hydrogen (secondary N) is 3. The van der Waals surface area contributed by atoms with Crippen LogP contribution in [-0.4, -0.2) is 31.1 Å². The number of carbonyl (C=O) groups is 2. The second-order valence-corrected chi connectivity index (χ2v) is 6.60. The smallest absolute Gasteiger partial charge is 0.253 e. The van der Waals surface area contributed by atoms with Crippen molar-refractivity contribution in [3.63, 3.8) is 0 Å². The maximum atomic E-state index is 12.7. The zero-order chi connectivity index (χ0) is 19.8. The maximum absolute atomic E-state index is 12.7. The van der Waals surface area contributed by atoms with Gasteiger partial charge in [-0.25, -0.2) is 0 Å². The van der Waals surface area contributed by atoms with Gasteiger partial charge in [0.1, 0.15) is 12.1 Å². The first kappa shape index (κ1) is 20.5. The fraction of sp³-hybridized carbons (Fsp3) is 0.333. The van der Waals surface area contributed by atoms with Gasteiger partial charge in [0, 0.05) is 24.5 Å². The molecule has 6 nitrogen and oxygen atoms in total. The van der Waals surface area contributed by atoms with Gasteiger partial charge in [-0.3, -0.25) is 9.59 Å². The van der Waals surface area contributed by atoms with Crippen LogP contribution in [0.15, 0.2) is 54.6 Å². The van der Waals surface area contributed by atoms with Crippen molar-refractivity contribution in [3.05, 3.63) is 60.2 Å². The van der Waals surface area contributed by atoms with Gasteiger partial charge in [-0.1, -0.05) is 36.4 Å². The Hall–Kier alpha value is -2.86. The number of hydrogen-bond acceptors (Lipinski definition) is 4. The van der Waals surface area contributed by atoms with Crippen LogP contribution in [-0.2, 0) is 14.3 Å². The lowest BCUT2D eigenvalue weighted by Gasteiger charge is -2.22. The molecule has 0 aliphatic rings. The topological polar surface area (TPSA) is 79.5 Å². The predicted octanol–water partition coefficient (Wildman–Crippen LogP) is 3.34. The second kappa shape index (κ2) is 9.73. The quantitative estimate of drug-likeness (QED) is 0.667. The molecule has 0 bridgehead atoms. The first-order chi connectivity index (χ1) is 12.9. The molecule has 0 fully saturated rings. The number of benzene rings is 2. The maximum Gasteiger partial charge on any atom is 0.253 e. The number of methoxy groups -OCH3 is 1. The van der Waals surface area contributed by atoms with E-state index in [0.717, 1.165) is 11.3 Å². The molecule has 3 N–H and O–H groups in total. The molecule has 2 unspecified atom stereocenters.